The van der Waals surface area contributed by atoms with E-state index in [4.69, 9.17) is 29.5 Å². The number of rotatable bonds is 7. The van der Waals surface area contributed by atoms with Crippen LogP contribution >= 0.6 is 0 Å². The van der Waals surface area contributed by atoms with Crippen LogP contribution in [-0.2, 0) is 9.59 Å². The van der Waals surface area contributed by atoms with Crippen molar-refractivity contribution in [2.45, 2.75) is 32.1 Å². The molecule has 0 saturated heterocycles. The number of hydrogen-bond acceptors (Lipinski definition) is 8. The van der Waals surface area contributed by atoms with Gasteiger partial charge in [-0.1, -0.05) is 6.92 Å². The van der Waals surface area contributed by atoms with Gasteiger partial charge in [0.1, 0.15) is 11.6 Å². The van der Waals surface area contributed by atoms with Crippen molar-refractivity contribution in [2.75, 3.05) is 41.2 Å². The lowest BCUT2D eigenvalue weighted by atomic mass is 9.82. The Hall–Kier alpha value is -2.16. The number of hydrogen-bond donors (Lipinski definition) is 3. The normalized spacial score (nSPS) is 15.0. The molecule has 28 heavy (non-hydrogen) atoms. The van der Waals surface area contributed by atoms with E-state index in [0.717, 1.165) is 5.56 Å². The molecule has 0 heterocycles. The molecule has 2 rings (SSSR count). The first-order chi connectivity index (χ1) is 13.3. The average molecular weight is 398 g/mol. The second-order valence-electron chi connectivity index (χ2n) is 7.10. The Labute approximate surface area is 165 Å². The SMILES string of the molecule is CC(CO)(CO)CO.COc1cc(C2CC(=O)CC(=O)C2)cc(OC)c1OC. The minimum atomic E-state index is -0.708. The Kier molecular flexibility index (Phi) is 9.37. The quantitative estimate of drug-likeness (QED) is 0.584. The molecule has 1 saturated carbocycles. The van der Waals surface area contributed by atoms with Crippen LogP contribution in [0.2, 0.25) is 0 Å². The summed E-state index contributed by atoms with van der Waals surface area (Å²) in [4.78, 5) is 23.2. The molecule has 0 amide bonds. The van der Waals surface area contributed by atoms with Gasteiger partial charge in [-0.05, 0) is 23.6 Å². The van der Waals surface area contributed by atoms with Crippen LogP contribution in [-0.4, -0.2) is 68.0 Å². The molecule has 0 aliphatic heterocycles. The Bertz CT molecular complexity index is 617. The lowest BCUT2D eigenvalue weighted by molar-refractivity contribution is -0.130. The van der Waals surface area contributed by atoms with Gasteiger partial charge in [0.2, 0.25) is 5.75 Å². The number of aliphatic hydroxyl groups is 3. The highest BCUT2D eigenvalue weighted by Crippen LogP contribution is 2.42. The molecule has 0 atom stereocenters. The number of carbonyl (C=O) groups excluding carboxylic acids is 2. The Morgan fingerprint density at radius 2 is 1.32 bits per heavy atom. The van der Waals surface area contributed by atoms with E-state index in [1.807, 2.05) is 0 Å². The van der Waals surface area contributed by atoms with Gasteiger partial charge in [-0.2, -0.15) is 0 Å². The molecule has 8 heteroatoms. The third-order valence-corrected chi connectivity index (χ3v) is 4.65. The summed E-state index contributed by atoms with van der Waals surface area (Å²) in [7, 11) is 4.62. The molecule has 0 radical (unpaired) electrons. The van der Waals surface area contributed by atoms with Gasteiger partial charge in [-0.25, -0.2) is 0 Å². The minimum absolute atomic E-state index is 0.0139. The number of benzene rings is 1. The number of ether oxygens (including phenoxy) is 3. The molecule has 0 aromatic heterocycles. The highest BCUT2D eigenvalue weighted by atomic mass is 16.5. The molecule has 0 unspecified atom stereocenters. The zero-order chi connectivity index (χ0) is 21.3. The first-order valence-corrected chi connectivity index (χ1v) is 8.93. The summed E-state index contributed by atoms with van der Waals surface area (Å²) in [6, 6.07) is 3.61. The van der Waals surface area contributed by atoms with Crippen molar-refractivity contribution in [1.29, 1.82) is 0 Å². The van der Waals surface area contributed by atoms with Gasteiger partial charge >= 0.3 is 0 Å². The van der Waals surface area contributed by atoms with Crippen molar-refractivity contribution in [3.05, 3.63) is 17.7 Å². The fraction of sp³-hybridized carbons (Fsp3) is 0.600. The van der Waals surface area contributed by atoms with Crippen molar-refractivity contribution >= 4 is 11.6 Å². The fourth-order valence-electron chi connectivity index (χ4n) is 2.71. The highest BCUT2D eigenvalue weighted by Gasteiger charge is 2.28. The Balaban J connectivity index is 0.000000416. The highest BCUT2D eigenvalue weighted by molar-refractivity contribution is 6.02. The predicted molar refractivity (Wildman–Crippen MR) is 102 cm³/mol. The van der Waals surface area contributed by atoms with Crippen molar-refractivity contribution in [2.24, 2.45) is 5.41 Å². The molecule has 1 aromatic rings. The number of Topliss-reactive ketones (excluding diaryl/α,β-unsaturated/α-hetero) is 2. The monoisotopic (exact) mass is 398 g/mol. The smallest absolute Gasteiger partial charge is 0.203 e. The summed E-state index contributed by atoms with van der Waals surface area (Å²) in [6.07, 6.45) is 0.815. The summed E-state index contributed by atoms with van der Waals surface area (Å²) >= 11 is 0. The van der Waals surface area contributed by atoms with Crippen LogP contribution in [0.3, 0.4) is 0 Å². The topological polar surface area (TPSA) is 123 Å². The maximum absolute atomic E-state index is 11.6. The van der Waals surface area contributed by atoms with Crippen LogP contribution in [0.1, 0.15) is 37.7 Å². The third-order valence-electron chi connectivity index (χ3n) is 4.65. The first kappa shape index (κ1) is 23.9. The molecule has 1 aliphatic carbocycles. The van der Waals surface area contributed by atoms with Crippen LogP contribution in [0, 0.1) is 5.41 Å². The van der Waals surface area contributed by atoms with Gasteiger partial charge < -0.3 is 29.5 Å². The van der Waals surface area contributed by atoms with E-state index in [-0.39, 0.29) is 43.7 Å². The van der Waals surface area contributed by atoms with Crippen LogP contribution < -0.4 is 14.2 Å². The lowest BCUT2D eigenvalue weighted by Crippen LogP contribution is -2.29. The molecular formula is C20H30O8. The standard InChI is InChI=1S/C15H18O5.C5H12O3/c1-18-13-6-10(7-14(19-2)15(13)20-3)9-4-11(16)8-12(17)5-9;1-5(2-6,3-7)4-8/h6-7,9H,4-5,8H2,1-3H3;6-8H,2-4H2,1H3. The van der Waals surface area contributed by atoms with Gasteiger partial charge in [0.25, 0.3) is 0 Å². The molecule has 1 aliphatic rings. The summed E-state index contributed by atoms with van der Waals surface area (Å²) < 4.78 is 15.8. The predicted octanol–water partition coefficient (Wildman–Crippen LogP) is 1.09. The molecule has 1 aromatic carbocycles. The number of ketones is 2. The van der Waals surface area contributed by atoms with E-state index in [9.17, 15) is 9.59 Å². The molecular weight excluding hydrogens is 368 g/mol. The molecule has 3 N–H and O–H groups in total. The van der Waals surface area contributed by atoms with Crippen molar-refractivity contribution in [3.63, 3.8) is 0 Å². The maximum atomic E-state index is 11.6. The van der Waals surface area contributed by atoms with Crippen LogP contribution in [0.25, 0.3) is 0 Å². The molecule has 0 bridgehead atoms. The second-order valence-corrected chi connectivity index (χ2v) is 7.10. The van der Waals surface area contributed by atoms with E-state index in [1.165, 1.54) is 21.3 Å². The fourth-order valence-corrected chi connectivity index (χ4v) is 2.71. The lowest BCUT2D eigenvalue weighted by Gasteiger charge is -2.22. The molecule has 1 fully saturated rings. The van der Waals surface area contributed by atoms with E-state index in [2.05, 4.69) is 0 Å². The summed E-state index contributed by atoms with van der Waals surface area (Å²) in [5.41, 5.74) is 0.154. The summed E-state index contributed by atoms with van der Waals surface area (Å²) in [5, 5.41) is 25.4. The minimum Gasteiger partial charge on any atom is -0.493 e. The Morgan fingerprint density at radius 3 is 1.61 bits per heavy atom. The zero-order valence-corrected chi connectivity index (χ0v) is 16.9. The van der Waals surface area contributed by atoms with Gasteiger partial charge in [0.15, 0.2) is 11.5 Å². The van der Waals surface area contributed by atoms with Crippen LogP contribution in [0.4, 0.5) is 0 Å². The maximum Gasteiger partial charge on any atom is 0.203 e. The molecule has 0 spiro atoms. The van der Waals surface area contributed by atoms with Gasteiger partial charge in [-0.3, -0.25) is 9.59 Å². The number of carbonyl (C=O) groups is 2. The zero-order valence-electron chi connectivity index (χ0n) is 16.9. The van der Waals surface area contributed by atoms with Crippen LogP contribution in [0.15, 0.2) is 12.1 Å². The van der Waals surface area contributed by atoms with Crippen molar-refractivity contribution in [1.82, 2.24) is 0 Å². The van der Waals surface area contributed by atoms with Crippen molar-refractivity contribution in [3.8, 4) is 17.2 Å². The summed E-state index contributed by atoms with van der Waals surface area (Å²) in [5.74, 6) is 1.43. The van der Waals surface area contributed by atoms with Gasteiger partial charge in [-0.15, -0.1) is 0 Å². The second kappa shape index (κ2) is 11.0. The average Bonchev–Trinajstić information content (AvgIpc) is 2.71. The molecule has 8 nitrogen and oxygen atoms in total. The van der Waals surface area contributed by atoms with Gasteiger partial charge in [0, 0.05) is 18.3 Å². The van der Waals surface area contributed by atoms with Gasteiger partial charge in [0.05, 0.1) is 47.6 Å². The Morgan fingerprint density at radius 1 is 0.893 bits per heavy atom. The largest absolute Gasteiger partial charge is 0.493 e. The number of methoxy groups -OCH3 is 3. The van der Waals surface area contributed by atoms with E-state index < -0.39 is 5.41 Å². The van der Waals surface area contributed by atoms with Crippen molar-refractivity contribution < 1.29 is 39.1 Å². The third kappa shape index (κ3) is 6.19. The van der Waals surface area contributed by atoms with E-state index in [1.54, 1.807) is 19.1 Å². The first-order valence-electron chi connectivity index (χ1n) is 8.93. The van der Waals surface area contributed by atoms with Crippen LogP contribution in [0.5, 0.6) is 17.2 Å². The van der Waals surface area contributed by atoms with E-state index >= 15 is 0 Å². The number of aliphatic hydroxyl groups excluding tert-OH is 3. The summed E-state index contributed by atoms with van der Waals surface area (Å²) in [6.45, 7) is 1.06. The van der Waals surface area contributed by atoms with E-state index in [0.29, 0.717) is 30.1 Å². The molecule has 158 valence electrons.